The van der Waals surface area contributed by atoms with Crippen molar-refractivity contribution >= 4 is 32.1 Å². The molecule has 9 heteroatoms. The van der Waals surface area contributed by atoms with E-state index in [1.807, 2.05) is 24.5 Å². The van der Waals surface area contributed by atoms with Gasteiger partial charge in [0, 0.05) is 53.9 Å². The van der Waals surface area contributed by atoms with Gasteiger partial charge in [-0.15, -0.1) is 0 Å². The molecule has 2 atom stereocenters. The molecule has 2 saturated heterocycles. The fourth-order valence-corrected chi connectivity index (χ4v) is 5.19. The molecule has 8 nitrogen and oxygen atoms in total. The molecule has 0 aromatic carbocycles. The van der Waals surface area contributed by atoms with Gasteiger partial charge in [0.2, 0.25) is 0 Å². The zero-order valence-corrected chi connectivity index (χ0v) is 17.9. The highest BCUT2D eigenvalue weighted by Gasteiger charge is 2.28. The first-order valence-electron chi connectivity index (χ1n) is 10.1. The van der Waals surface area contributed by atoms with Gasteiger partial charge < -0.3 is 19.4 Å². The van der Waals surface area contributed by atoms with Crippen molar-refractivity contribution in [2.24, 2.45) is 4.36 Å². The Morgan fingerprint density at radius 3 is 2.87 bits per heavy atom. The van der Waals surface area contributed by atoms with Crippen molar-refractivity contribution in [2.75, 3.05) is 44.1 Å². The molecule has 0 aliphatic carbocycles. The lowest BCUT2D eigenvalue weighted by atomic mass is 10.1. The Balaban J connectivity index is 1.66. The lowest BCUT2D eigenvalue weighted by Crippen LogP contribution is -2.43. The molecule has 3 aromatic rings. The summed E-state index contributed by atoms with van der Waals surface area (Å²) < 4.78 is 28.6. The molecular weight excluding hydrogens is 402 g/mol. The largest absolute Gasteiger partial charge is 0.379 e. The third kappa shape index (κ3) is 3.57. The van der Waals surface area contributed by atoms with Gasteiger partial charge in [-0.3, -0.25) is 4.98 Å². The molecule has 2 aliphatic rings. The summed E-state index contributed by atoms with van der Waals surface area (Å²) in [5.41, 5.74) is 3.64. The molecule has 2 aliphatic heterocycles. The van der Waals surface area contributed by atoms with E-state index in [0.717, 1.165) is 34.4 Å². The standard InChI is InChI=1S/C21H25N5O3S/c1-14-11-28-6-5-26(14)15-7-19(18-9-22-10-20-17(18)3-4-23-20)24-21(8-15)25-30(2,27)16-12-29-13-16/h3-4,7-10,14,16,23H,5-6,11-13H2,1-2H3/t14-,30?/m1/s1. The average Bonchev–Trinajstić information content (AvgIpc) is 3.14. The highest BCUT2D eigenvalue weighted by Crippen LogP contribution is 2.33. The quantitative estimate of drug-likeness (QED) is 0.688. The van der Waals surface area contributed by atoms with Crippen molar-refractivity contribution in [1.82, 2.24) is 15.0 Å². The first kappa shape index (κ1) is 19.5. The summed E-state index contributed by atoms with van der Waals surface area (Å²) in [6.45, 7) is 5.24. The third-order valence-corrected chi connectivity index (χ3v) is 7.81. The molecule has 5 heterocycles. The number of morpholine rings is 1. The normalized spacial score (nSPS) is 21.9. The van der Waals surface area contributed by atoms with Crippen LogP contribution in [0.3, 0.4) is 0 Å². The summed E-state index contributed by atoms with van der Waals surface area (Å²) in [5.74, 6) is 0.480. The molecule has 0 radical (unpaired) electrons. The molecule has 2 fully saturated rings. The summed E-state index contributed by atoms with van der Waals surface area (Å²) in [4.78, 5) is 14.6. The Hall–Kier alpha value is -2.49. The zero-order valence-electron chi connectivity index (χ0n) is 17.1. The van der Waals surface area contributed by atoms with Crippen molar-refractivity contribution in [3.05, 3.63) is 36.8 Å². The van der Waals surface area contributed by atoms with Gasteiger partial charge in [0.05, 0.1) is 58.8 Å². The van der Waals surface area contributed by atoms with E-state index in [9.17, 15) is 4.21 Å². The fraction of sp³-hybridized carbons (Fsp3) is 0.429. The smallest absolute Gasteiger partial charge is 0.164 e. The van der Waals surface area contributed by atoms with Gasteiger partial charge in [-0.2, -0.15) is 4.36 Å². The van der Waals surface area contributed by atoms with Crippen LogP contribution in [0.2, 0.25) is 0 Å². The highest BCUT2D eigenvalue weighted by molar-refractivity contribution is 7.93. The van der Waals surface area contributed by atoms with Crippen LogP contribution in [0, 0.1) is 0 Å². The predicted octanol–water partition coefficient (Wildman–Crippen LogP) is 2.98. The van der Waals surface area contributed by atoms with E-state index >= 15 is 0 Å². The van der Waals surface area contributed by atoms with Gasteiger partial charge in [-0.1, -0.05) is 0 Å². The Labute approximate surface area is 175 Å². The van der Waals surface area contributed by atoms with Gasteiger partial charge in [-0.05, 0) is 19.1 Å². The van der Waals surface area contributed by atoms with Crippen LogP contribution in [0.1, 0.15) is 6.92 Å². The number of fused-ring (bicyclic) bond motifs is 1. The second-order valence-electron chi connectivity index (χ2n) is 7.92. The molecule has 1 unspecified atom stereocenters. The molecule has 0 bridgehead atoms. The molecule has 0 saturated carbocycles. The van der Waals surface area contributed by atoms with Crippen LogP contribution in [-0.4, -0.2) is 69.7 Å². The van der Waals surface area contributed by atoms with Crippen LogP contribution in [0.4, 0.5) is 11.5 Å². The van der Waals surface area contributed by atoms with Gasteiger partial charge in [0.15, 0.2) is 5.82 Å². The first-order valence-corrected chi connectivity index (χ1v) is 12.1. The van der Waals surface area contributed by atoms with Gasteiger partial charge >= 0.3 is 0 Å². The second kappa shape index (κ2) is 7.64. The van der Waals surface area contributed by atoms with E-state index in [0.29, 0.717) is 32.2 Å². The minimum absolute atomic E-state index is 0.0523. The minimum atomic E-state index is -2.45. The van der Waals surface area contributed by atoms with Crippen LogP contribution in [-0.2, 0) is 19.2 Å². The van der Waals surface area contributed by atoms with Crippen molar-refractivity contribution in [3.8, 4) is 11.3 Å². The number of nitrogens with one attached hydrogen (secondary N) is 1. The molecule has 5 rings (SSSR count). The van der Waals surface area contributed by atoms with Crippen molar-refractivity contribution in [2.45, 2.75) is 18.2 Å². The molecule has 0 amide bonds. The van der Waals surface area contributed by atoms with Crippen LogP contribution >= 0.6 is 0 Å². The number of H-pyrrole nitrogens is 1. The Kier molecular flexibility index (Phi) is 4.96. The number of aromatic amines is 1. The number of pyridine rings is 2. The topological polar surface area (TPSA) is 92.7 Å². The SMILES string of the molecule is C[C@@H]1COCCN1c1cc(N=S(C)(=O)C2COC2)nc(-c2cncc3[nH]ccc23)c1. The van der Waals surface area contributed by atoms with Crippen LogP contribution in [0.25, 0.3) is 22.2 Å². The number of hydrogen-bond acceptors (Lipinski definition) is 7. The zero-order chi connectivity index (χ0) is 20.7. The van der Waals surface area contributed by atoms with E-state index < -0.39 is 9.73 Å². The van der Waals surface area contributed by atoms with E-state index in [1.54, 1.807) is 12.5 Å². The lowest BCUT2D eigenvalue weighted by Gasteiger charge is -2.35. The van der Waals surface area contributed by atoms with Crippen molar-refractivity contribution in [3.63, 3.8) is 0 Å². The number of ether oxygens (including phenoxy) is 2. The molecule has 3 aromatic heterocycles. The Morgan fingerprint density at radius 2 is 2.10 bits per heavy atom. The first-order chi connectivity index (χ1) is 14.5. The average molecular weight is 428 g/mol. The molecule has 158 valence electrons. The number of hydrogen-bond donors (Lipinski definition) is 1. The summed E-state index contributed by atoms with van der Waals surface area (Å²) >= 11 is 0. The summed E-state index contributed by atoms with van der Waals surface area (Å²) in [5, 5.41) is 0.990. The van der Waals surface area contributed by atoms with Crippen LogP contribution in [0.5, 0.6) is 0 Å². The number of anilines is 1. The molecule has 30 heavy (non-hydrogen) atoms. The number of rotatable bonds is 4. The monoisotopic (exact) mass is 427 g/mol. The van der Waals surface area contributed by atoms with E-state index in [1.165, 1.54) is 0 Å². The summed E-state index contributed by atoms with van der Waals surface area (Å²) in [6.07, 6.45) is 7.20. The van der Waals surface area contributed by atoms with E-state index in [2.05, 4.69) is 32.2 Å². The Bertz CT molecular complexity index is 1200. The lowest BCUT2D eigenvalue weighted by molar-refractivity contribution is 0.0431. The van der Waals surface area contributed by atoms with E-state index in [4.69, 9.17) is 14.5 Å². The maximum Gasteiger partial charge on any atom is 0.164 e. The number of nitrogens with zero attached hydrogens (tertiary/aromatic N) is 4. The van der Waals surface area contributed by atoms with Crippen molar-refractivity contribution < 1.29 is 13.7 Å². The fourth-order valence-electron chi connectivity index (χ4n) is 3.87. The summed E-state index contributed by atoms with van der Waals surface area (Å²) in [7, 11) is -2.45. The van der Waals surface area contributed by atoms with E-state index in [-0.39, 0.29) is 11.3 Å². The molecule has 1 N–H and O–H groups in total. The predicted molar refractivity (Wildman–Crippen MR) is 118 cm³/mol. The highest BCUT2D eigenvalue weighted by atomic mass is 32.2. The van der Waals surface area contributed by atoms with Gasteiger partial charge in [-0.25, -0.2) is 9.19 Å². The summed E-state index contributed by atoms with van der Waals surface area (Å²) in [6, 6.07) is 6.24. The minimum Gasteiger partial charge on any atom is -0.379 e. The molecular formula is C21H25N5O3S. The van der Waals surface area contributed by atoms with Crippen molar-refractivity contribution in [1.29, 1.82) is 0 Å². The third-order valence-electron chi connectivity index (χ3n) is 5.75. The van der Waals surface area contributed by atoms with Crippen LogP contribution in [0.15, 0.2) is 41.2 Å². The maximum absolute atomic E-state index is 13.2. The Morgan fingerprint density at radius 1 is 1.23 bits per heavy atom. The van der Waals surface area contributed by atoms with Gasteiger partial charge in [0.1, 0.15) is 0 Å². The maximum atomic E-state index is 13.2. The van der Waals surface area contributed by atoms with Gasteiger partial charge in [0.25, 0.3) is 0 Å². The number of aromatic nitrogens is 3. The second-order valence-corrected chi connectivity index (χ2v) is 10.5. The van der Waals surface area contributed by atoms with Crippen LogP contribution < -0.4 is 4.90 Å². The molecule has 0 spiro atoms.